The van der Waals surface area contributed by atoms with Crippen molar-refractivity contribution in [3.63, 3.8) is 0 Å². The molecule has 1 heterocycles. The molecule has 5 nitrogen and oxygen atoms in total. The molecule has 5 heteroatoms. The summed E-state index contributed by atoms with van der Waals surface area (Å²) in [6.45, 7) is 1.47. The Morgan fingerprint density at radius 2 is 1.61 bits per heavy atom. The number of unbranched alkanes of at least 4 members (excludes halogenated alkanes) is 3. The van der Waals surface area contributed by atoms with Crippen LogP contribution in [0.25, 0.3) is 21.8 Å². The van der Waals surface area contributed by atoms with Crippen molar-refractivity contribution in [1.29, 1.82) is 0 Å². The largest absolute Gasteiger partial charge is 0.508 e. The quantitative estimate of drug-likeness (QED) is 0.271. The molecule has 0 fully saturated rings. The van der Waals surface area contributed by atoms with E-state index in [1.54, 1.807) is 24.3 Å². The minimum atomic E-state index is -0.382. The van der Waals surface area contributed by atoms with E-state index < -0.39 is 0 Å². The third-order valence-electron chi connectivity index (χ3n) is 5.58. The summed E-state index contributed by atoms with van der Waals surface area (Å²) in [6, 6.07) is 21.1. The minimum Gasteiger partial charge on any atom is -0.508 e. The lowest BCUT2D eigenvalue weighted by Gasteiger charge is -2.10. The number of fused-ring (bicyclic) bond motifs is 3. The Labute approximate surface area is 181 Å². The molecular formula is C26H27NO4. The molecule has 0 saturated heterocycles. The van der Waals surface area contributed by atoms with E-state index in [4.69, 9.17) is 9.47 Å². The predicted molar refractivity (Wildman–Crippen MR) is 123 cm³/mol. The molecule has 0 aliphatic rings. The van der Waals surface area contributed by atoms with Crippen molar-refractivity contribution in [2.75, 3.05) is 13.7 Å². The zero-order valence-corrected chi connectivity index (χ0v) is 17.7. The van der Waals surface area contributed by atoms with Crippen LogP contribution in [-0.4, -0.2) is 29.4 Å². The maximum atomic E-state index is 11.8. The van der Waals surface area contributed by atoms with Crippen LogP contribution < -0.4 is 4.74 Å². The van der Waals surface area contributed by atoms with Gasteiger partial charge in [0.2, 0.25) is 0 Å². The molecule has 4 aromatic rings. The van der Waals surface area contributed by atoms with Gasteiger partial charge < -0.3 is 19.1 Å². The van der Waals surface area contributed by atoms with Gasteiger partial charge in [0.25, 0.3) is 0 Å². The summed E-state index contributed by atoms with van der Waals surface area (Å²) in [5.74, 6) is 0.480. The lowest BCUT2D eigenvalue weighted by molar-refractivity contribution is 0.0596. The molecule has 0 aliphatic carbocycles. The zero-order chi connectivity index (χ0) is 21.6. The Hall–Kier alpha value is -3.47. The topological polar surface area (TPSA) is 60.7 Å². The monoisotopic (exact) mass is 417 g/mol. The molecule has 0 unspecified atom stereocenters. The fourth-order valence-corrected chi connectivity index (χ4v) is 4.06. The molecule has 0 aliphatic heterocycles. The Kier molecular flexibility index (Phi) is 6.41. The summed E-state index contributed by atoms with van der Waals surface area (Å²) in [6.07, 6.45) is 4.09. The van der Waals surface area contributed by atoms with Crippen LogP contribution >= 0.6 is 0 Å². The number of para-hydroxylation sites is 2. The number of rotatable bonds is 9. The standard InChI is InChI=1S/C26H27NO4/c1-30-26(29)22-11-5-7-13-25(22)31-17-9-3-2-8-16-27-23-12-6-4-10-20(23)21-15-14-19(28)18-24(21)27/h4-7,10-15,18,28H,2-3,8-9,16-17H2,1H3. The molecule has 3 aromatic carbocycles. The average Bonchev–Trinajstić information content (AvgIpc) is 3.11. The summed E-state index contributed by atoms with van der Waals surface area (Å²) in [7, 11) is 1.37. The Bertz CT molecular complexity index is 1190. The van der Waals surface area contributed by atoms with Gasteiger partial charge in [0.05, 0.1) is 19.2 Å². The number of aromatic hydroxyl groups is 1. The number of nitrogens with zero attached hydrogens (tertiary/aromatic N) is 1. The molecule has 0 saturated carbocycles. The van der Waals surface area contributed by atoms with E-state index in [1.807, 2.05) is 18.2 Å². The van der Waals surface area contributed by atoms with Crippen molar-refractivity contribution < 1.29 is 19.4 Å². The molecule has 160 valence electrons. The van der Waals surface area contributed by atoms with E-state index in [0.29, 0.717) is 23.7 Å². The maximum absolute atomic E-state index is 11.8. The second-order valence-corrected chi connectivity index (χ2v) is 7.62. The molecule has 0 radical (unpaired) electrons. The van der Waals surface area contributed by atoms with Crippen molar-refractivity contribution in [3.8, 4) is 11.5 Å². The van der Waals surface area contributed by atoms with Crippen LogP contribution in [0.4, 0.5) is 0 Å². The van der Waals surface area contributed by atoms with Gasteiger partial charge in [-0.05, 0) is 43.2 Å². The van der Waals surface area contributed by atoms with E-state index in [1.165, 1.54) is 23.4 Å². The SMILES string of the molecule is COC(=O)c1ccccc1OCCCCCCn1c2ccccc2c2ccc(O)cc21. The Morgan fingerprint density at radius 1 is 0.871 bits per heavy atom. The molecule has 0 amide bonds. The number of phenolic OH excluding ortho intramolecular Hbond substituents is 1. The fourth-order valence-electron chi connectivity index (χ4n) is 4.06. The van der Waals surface area contributed by atoms with Gasteiger partial charge in [-0.2, -0.15) is 0 Å². The van der Waals surface area contributed by atoms with E-state index in [9.17, 15) is 9.90 Å². The number of phenols is 1. The van der Waals surface area contributed by atoms with Crippen molar-refractivity contribution >= 4 is 27.8 Å². The van der Waals surface area contributed by atoms with Crippen molar-refractivity contribution in [2.24, 2.45) is 0 Å². The van der Waals surface area contributed by atoms with Gasteiger partial charge in [-0.1, -0.05) is 43.2 Å². The van der Waals surface area contributed by atoms with Crippen LogP contribution in [0.1, 0.15) is 36.0 Å². The van der Waals surface area contributed by atoms with E-state index in [-0.39, 0.29) is 5.97 Å². The van der Waals surface area contributed by atoms with Crippen molar-refractivity contribution in [3.05, 3.63) is 72.3 Å². The first-order chi connectivity index (χ1) is 15.2. The first kappa shape index (κ1) is 20.8. The third kappa shape index (κ3) is 4.50. The second-order valence-electron chi connectivity index (χ2n) is 7.62. The molecule has 0 atom stereocenters. The summed E-state index contributed by atoms with van der Waals surface area (Å²) in [5, 5.41) is 12.3. The number of esters is 1. The number of aryl methyl sites for hydroxylation is 1. The lowest BCUT2D eigenvalue weighted by Crippen LogP contribution is -2.06. The van der Waals surface area contributed by atoms with Crippen molar-refractivity contribution in [1.82, 2.24) is 4.57 Å². The van der Waals surface area contributed by atoms with Crippen LogP contribution in [0.3, 0.4) is 0 Å². The van der Waals surface area contributed by atoms with Gasteiger partial charge in [0, 0.05) is 28.9 Å². The molecule has 1 aromatic heterocycles. The number of benzene rings is 3. The minimum absolute atomic E-state index is 0.293. The van der Waals surface area contributed by atoms with E-state index in [2.05, 4.69) is 28.8 Å². The number of ether oxygens (including phenoxy) is 2. The summed E-state index contributed by atoms with van der Waals surface area (Å²) in [5.41, 5.74) is 2.73. The third-order valence-corrected chi connectivity index (χ3v) is 5.58. The van der Waals surface area contributed by atoms with Crippen molar-refractivity contribution in [2.45, 2.75) is 32.2 Å². The number of hydrogen-bond acceptors (Lipinski definition) is 4. The smallest absolute Gasteiger partial charge is 0.341 e. The highest BCUT2D eigenvalue weighted by Gasteiger charge is 2.12. The maximum Gasteiger partial charge on any atom is 0.341 e. The first-order valence-electron chi connectivity index (χ1n) is 10.7. The molecular weight excluding hydrogens is 390 g/mol. The van der Waals surface area contributed by atoms with Crippen LogP contribution in [0.5, 0.6) is 11.5 Å². The molecule has 31 heavy (non-hydrogen) atoms. The Balaban J connectivity index is 1.31. The van der Waals surface area contributed by atoms with Gasteiger partial charge in [-0.15, -0.1) is 0 Å². The number of carbonyl (C=O) groups excluding carboxylic acids is 1. The Morgan fingerprint density at radius 3 is 2.48 bits per heavy atom. The summed E-state index contributed by atoms with van der Waals surface area (Å²) < 4.78 is 12.9. The fraction of sp³-hybridized carbons (Fsp3) is 0.269. The van der Waals surface area contributed by atoms with Gasteiger partial charge in [0.15, 0.2) is 0 Å². The molecule has 1 N–H and O–H groups in total. The lowest BCUT2D eigenvalue weighted by atomic mass is 10.1. The van der Waals surface area contributed by atoms with Crippen LogP contribution in [0.15, 0.2) is 66.7 Å². The van der Waals surface area contributed by atoms with Gasteiger partial charge >= 0.3 is 5.97 Å². The number of aromatic nitrogens is 1. The average molecular weight is 418 g/mol. The molecule has 4 rings (SSSR count). The number of hydrogen-bond donors (Lipinski definition) is 1. The molecule has 0 bridgehead atoms. The number of methoxy groups -OCH3 is 1. The second kappa shape index (κ2) is 9.56. The number of carbonyl (C=O) groups is 1. The predicted octanol–water partition coefficient (Wildman–Crippen LogP) is 5.93. The normalized spacial score (nSPS) is 11.1. The van der Waals surface area contributed by atoms with E-state index >= 15 is 0 Å². The highest BCUT2D eigenvalue weighted by atomic mass is 16.5. The highest BCUT2D eigenvalue weighted by Crippen LogP contribution is 2.31. The first-order valence-corrected chi connectivity index (χ1v) is 10.7. The highest BCUT2D eigenvalue weighted by molar-refractivity contribution is 6.08. The van der Waals surface area contributed by atoms with Crippen LogP contribution in [0.2, 0.25) is 0 Å². The van der Waals surface area contributed by atoms with Gasteiger partial charge in [-0.3, -0.25) is 0 Å². The van der Waals surface area contributed by atoms with Crippen LogP contribution in [-0.2, 0) is 11.3 Å². The summed E-state index contributed by atoms with van der Waals surface area (Å²) in [4.78, 5) is 11.8. The van der Waals surface area contributed by atoms with Gasteiger partial charge in [0.1, 0.15) is 17.1 Å². The van der Waals surface area contributed by atoms with E-state index in [0.717, 1.165) is 37.7 Å². The van der Waals surface area contributed by atoms with Crippen LogP contribution in [0, 0.1) is 0 Å². The molecule has 0 spiro atoms. The van der Waals surface area contributed by atoms with Gasteiger partial charge in [-0.25, -0.2) is 4.79 Å². The zero-order valence-electron chi connectivity index (χ0n) is 17.7. The summed E-state index contributed by atoms with van der Waals surface area (Å²) >= 11 is 0.